The Bertz CT molecular complexity index is 202. The number of rotatable bonds is 9. The second-order valence-electron chi connectivity index (χ2n) is 6.36. The Morgan fingerprint density at radius 1 is 1.18 bits per heavy atom. The van der Waals surface area contributed by atoms with Crippen LogP contribution in [0.5, 0.6) is 0 Å². The van der Waals surface area contributed by atoms with E-state index in [-0.39, 0.29) is 0 Å². The van der Waals surface area contributed by atoms with Crippen LogP contribution in [0.4, 0.5) is 0 Å². The van der Waals surface area contributed by atoms with Gasteiger partial charge in [0, 0.05) is 0 Å². The first-order valence-corrected chi connectivity index (χ1v) is 7.78. The highest BCUT2D eigenvalue weighted by molar-refractivity contribution is 4.92. The molecule has 0 radical (unpaired) electrons. The third kappa shape index (κ3) is 4.62. The van der Waals surface area contributed by atoms with Crippen LogP contribution in [0.1, 0.15) is 59.8 Å². The van der Waals surface area contributed by atoms with Crippen LogP contribution in [-0.4, -0.2) is 13.6 Å². The van der Waals surface area contributed by atoms with E-state index in [1.54, 1.807) is 0 Å². The van der Waals surface area contributed by atoms with Gasteiger partial charge in [-0.15, -0.1) is 0 Å². The van der Waals surface area contributed by atoms with Crippen LogP contribution in [0.3, 0.4) is 0 Å². The van der Waals surface area contributed by atoms with E-state index in [0.29, 0.717) is 0 Å². The summed E-state index contributed by atoms with van der Waals surface area (Å²) in [6.07, 6.45) is 7.21. The third-order valence-corrected chi connectivity index (χ3v) is 4.94. The van der Waals surface area contributed by atoms with Crippen LogP contribution in [0, 0.1) is 29.6 Å². The molecule has 0 aromatic carbocycles. The summed E-state index contributed by atoms with van der Waals surface area (Å²) < 4.78 is 0. The van der Waals surface area contributed by atoms with E-state index in [4.69, 9.17) is 0 Å². The SMILES string of the molecule is CCCC(CC)C1C[C@@H]1CC(C)C(C)CNC. The van der Waals surface area contributed by atoms with Crippen LogP contribution in [0.15, 0.2) is 0 Å². The summed E-state index contributed by atoms with van der Waals surface area (Å²) in [7, 11) is 2.07. The molecule has 1 aliphatic carbocycles. The molecule has 1 N–H and O–H groups in total. The van der Waals surface area contributed by atoms with Crippen molar-refractivity contribution in [1.82, 2.24) is 5.32 Å². The fourth-order valence-electron chi connectivity index (χ4n) is 3.44. The lowest BCUT2D eigenvalue weighted by Gasteiger charge is -2.20. The summed E-state index contributed by atoms with van der Waals surface area (Å²) in [5.74, 6) is 4.87. The van der Waals surface area contributed by atoms with Crippen LogP contribution >= 0.6 is 0 Å². The van der Waals surface area contributed by atoms with E-state index >= 15 is 0 Å². The molecule has 4 unspecified atom stereocenters. The fraction of sp³-hybridized carbons (Fsp3) is 1.00. The van der Waals surface area contributed by atoms with Gasteiger partial charge in [-0.05, 0) is 56.0 Å². The maximum Gasteiger partial charge on any atom is -0.00236 e. The second-order valence-corrected chi connectivity index (χ2v) is 6.36. The molecule has 1 fully saturated rings. The largest absolute Gasteiger partial charge is 0.319 e. The van der Waals surface area contributed by atoms with Crippen LogP contribution in [0.2, 0.25) is 0 Å². The van der Waals surface area contributed by atoms with Gasteiger partial charge in [0.25, 0.3) is 0 Å². The van der Waals surface area contributed by atoms with Crippen molar-refractivity contribution in [2.75, 3.05) is 13.6 Å². The summed E-state index contributed by atoms with van der Waals surface area (Å²) in [6.45, 7) is 10.7. The molecule has 1 saturated carbocycles. The van der Waals surface area contributed by atoms with Gasteiger partial charge in [0.05, 0.1) is 0 Å². The molecule has 102 valence electrons. The minimum atomic E-state index is 0.826. The first kappa shape index (κ1) is 15.0. The molecule has 0 heterocycles. The highest BCUT2D eigenvalue weighted by Crippen LogP contribution is 2.50. The topological polar surface area (TPSA) is 12.0 Å². The Morgan fingerprint density at radius 3 is 2.41 bits per heavy atom. The zero-order chi connectivity index (χ0) is 12.8. The van der Waals surface area contributed by atoms with E-state index in [1.807, 2.05) is 0 Å². The number of hydrogen-bond donors (Lipinski definition) is 1. The second kappa shape index (κ2) is 7.41. The summed E-state index contributed by atoms with van der Waals surface area (Å²) >= 11 is 0. The third-order valence-electron chi connectivity index (χ3n) is 4.94. The molecule has 5 atom stereocenters. The van der Waals surface area contributed by atoms with Gasteiger partial charge in [-0.3, -0.25) is 0 Å². The monoisotopic (exact) mass is 239 g/mol. The van der Waals surface area contributed by atoms with Crippen LogP contribution in [-0.2, 0) is 0 Å². The minimum absolute atomic E-state index is 0.826. The maximum atomic E-state index is 3.31. The molecule has 1 rings (SSSR count). The van der Waals surface area contributed by atoms with E-state index in [0.717, 1.165) is 29.6 Å². The van der Waals surface area contributed by atoms with Gasteiger partial charge in [0.2, 0.25) is 0 Å². The quantitative estimate of drug-likeness (QED) is 0.631. The normalized spacial score (nSPS) is 28.8. The van der Waals surface area contributed by atoms with Crippen molar-refractivity contribution >= 4 is 0 Å². The van der Waals surface area contributed by atoms with Gasteiger partial charge in [0.15, 0.2) is 0 Å². The van der Waals surface area contributed by atoms with Gasteiger partial charge in [-0.25, -0.2) is 0 Å². The molecule has 1 aliphatic rings. The smallest absolute Gasteiger partial charge is 0.00236 e. The standard InChI is InChI=1S/C16H33N/c1-6-8-14(7-2)16-10-15(16)9-12(3)13(4)11-17-5/h12-17H,6-11H2,1-5H3/t12?,13?,14?,15-,16?/m0/s1. The van der Waals surface area contributed by atoms with Crippen molar-refractivity contribution in [3.8, 4) is 0 Å². The zero-order valence-electron chi connectivity index (χ0n) is 12.6. The van der Waals surface area contributed by atoms with E-state index in [2.05, 4.69) is 40.1 Å². The van der Waals surface area contributed by atoms with Crippen LogP contribution < -0.4 is 5.32 Å². The summed E-state index contributed by atoms with van der Waals surface area (Å²) in [4.78, 5) is 0. The van der Waals surface area contributed by atoms with Gasteiger partial charge in [-0.1, -0.05) is 47.0 Å². The molecule has 17 heavy (non-hydrogen) atoms. The lowest BCUT2D eigenvalue weighted by atomic mass is 9.87. The Morgan fingerprint density at radius 2 is 1.88 bits per heavy atom. The van der Waals surface area contributed by atoms with Crippen molar-refractivity contribution in [2.45, 2.75) is 59.8 Å². The maximum absolute atomic E-state index is 3.31. The highest BCUT2D eigenvalue weighted by atomic mass is 14.8. The highest BCUT2D eigenvalue weighted by Gasteiger charge is 2.42. The molecule has 1 heteroatoms. The molecule has 0 aromatic heterocycles. The molecule has 0 aliphatic heterocycles. The Balaban J connectivity index is 2.26. The lowest BCUT2D eigenvalue weighted by Crippen LogP contribution is -2.22. The summed E-state index contributed by atoms with van der Waals surface area (Å²) in [5.41, 5.74) is 0. The predicted octanol–water partition coefficient (Wildman–Crippen LogP) is 4.33. The molecule has 1 nitrogen and oxygen atoms in total. The molecule has 0 spiro atoms. The Labute approximate surface area is 109 Å². The van der Waals surface area contributed by atoms with Crippen molar-refractivity contribution in [3.63, 3.8) is 0 Å². The van der Waals surface area contributed by atoms with Gasteiger partial charge < -0.3 is 5.32 Å². The first-order chi connectivity index (χ1) is 8.13. The molecular weight excluding hydrogens is 206 g/mol. The van der Waals surface area contributed by atoms with Crippen molar-refractivity contribution < 1.29 is 0 Å². The van der Waals surface area contributed by atoms with E-state index in [1.165, 1.54) is 38.6 Å². The number of hydrogen-bond acceptors (Lipinski definition) is 1. The number of nitrogens with one attached hydrogen (secondary N) is 1. The minimum Gasteiger partial charge on any atom is -0.319 e. The van der Waals surface area contributed by atoms with E-state index in [9.17, 15) is 0 Å². The lowest BCUT2D eigenvalue weighted by molar-refractivity contribution is 0.313. The molecule has 0 aromatic rings. The van der Waals surface area contributed by atoms with Gasteiger partial charge in [0.1, 0.15) is 0 Å². The van der Waals surface area contributed by atoms with Gasteiger partial charge >= 0.3 is 0 Å². The van der Waals surface area contributed by atoms with Crippen molar-refractivity contribution in [1.29, 1.82) is 0 Å². The average molecular weight is 239 g/mol. The fourth-order valence-corrected chi connectivity index (χ4v) is 3.44. The summed E-state index contributed by atoms with van der Waals surface area (Å²) in [6, 6.07) is 0. The van der Waals surface area contributed by atoms with Gasteiger partial charge in [-0.2, -0.15) is 0 Å². The molecule has 0 amide bonds. The molecular formula is C16H33N. The van der Waals surface area contributed by atoms with Crippen molar-refractivity contribution in [2.24, 2.45) is 29.6 Å². The average Bonchev–Trinajstić information content (AvgIpc) is 3.05. The first-order valence-electron chi connectivity index (χ1n) is 7.78. The molecule has 0 bridgehead atoms. The molecule has 0 saturated heterocycles. The van der Waals surface area contributed by atoms with E-state index < -0.39 is 0 Å². The van der Waals surface area contributed by atoms with Crippen LogP contribution in [0.25, 0.3) is 0 Å². The summed E-state index contributed by atoms with van der Waals surface area (Å²) in [5, 5.41) is 3.31. The Kier molecular flexibility index (Phi) is 6.54. The Hall–Kier alpha value is -0.0400. The zero-order valence-corrected chi connectivity index (χ0v) is 12.6. The van der Waals surface area contributed by atoms with Crippen molar-refractivity contribution in [3.05, 3.63) is 0 Å². The predicted molar refractivity (Wildman–Crippen MR) is 77.2 cm³/mol.